The van der Waals surface area contributed by atoms with E-state index in [1.165, 1.54) is 4.90 Å². The van der Waals surface area contributed by atoms with Crippen LogP contribution in [0.25, 0.3) is 0 Å². The SMILES string of the molecule is O=C1CN(c2cccc(Cl)c2)C(=O)N1c1ccc(Cl)cc1. The van der Waals surface area contributed by atoms with E-state index in [9.17, 15) is 9.59 Å². The zero-order chi connectivity index (χ0) is 15.0. The average Bonchev–Trinajstić information content (AvgIpc) is 2.75. The standard InChI is InChI=1S/C15H10Cl2N2O2/c16-10-4-6-12(7-5-10)19-14(20)9-18(15(19)21)13-3-1-2-11(17)8-13/h1-8H,9H2. The fourth-order valence-corrected chi connectivity index (χ4v) is 2.50. The Labute approximate surface area is 131 Å². The highest BCUT2D eigenvalue weighted by atomic mass is 35.5. The van der Waals surface area contributed by atoms with Gasteiger partial charge in [-0.3, -0.25) is 9.69 Å². The molecule has 0 saturated carbocycles. The summed E-state index contributed by atoms with van der Waals surface area (Å²) in [6, 6.07) is 13.0. The molecule has 0 aliphatic carbocycles. The van der Waals surface area contributed by atoms with E-state index in [2.05, 4.69) is 0 Å². The lowest BCUT2D eigenvalue weighted by Gasteiger charge is -2.17. The van der Waals surface area contributed by atoms with Crippen LogP contribution in [-0.4, -0.2) is 18.5 Å². The molecule has 0 radical (unpaired) electrons. The first-order valence-electron chi connectivity index (χ1n) is 6.22. The molecule has 0 N–H and O–H groups in total. The van der Waals surface area contributed by atoms with Gasteiger partial charge >= 0.3 is 6.03 Å². The van der Waals surface area contributed by atoms with E-state index in [1.54, 1.807) is 48.5 Å². The van der Waals surface area contributed by atoms with Gasteiger partial charge in [-0.1, -0.05) is 29.3 Å². The van der Waals surface area contributed by atoms with E-state index in [4.69, 9.17) is 23.2 Å². The summed E-state index contributed by atoms with van der Waals surface area (Å²) in [5.74, 6) is -0.290. The van der Waals surface area contributed by atoms with Gasteiger partial charge in [0, 0.05) is 15.7 Å². The Morgan fingerprint density at radius 2 is 1.57 bits per heavy atom. The van der Waals surface area contributed by atoms with E-state index in [0.29, 0.717) is 21.4 Å². The Kier molecular flexibility index (Phi) is 3.57. The van der Waals surface area contributed by atoms with Crippen LogP contribution in [0.5, 0.6) is 0 Å². The molecule has 2 aromatic carbocycles. The summed E-state index contributed by atoms with van der Waals surface area (Å²) in [5, 5.41) is 1.06. The van der Waals surface area contributed by atoms with E-state index >= 15 is 0 Å². The lowest BCUT2D eigenvalue weighted by atomic mass is 10.3. The van der Waals surface area contributed by atoms with Crippen molar-refractivity contribution >= 4 is 46.5 Å². The van der Waals surface area contributed by atoms with Crippen LogP contribution in [0.4, 0.5) is 16.2 Å². The number of carbonyl (C=O) groups is 2. The van der Waals surface area contributed by atoms with E-state index in [1.807, 2.05) is 0 Å². The Morgan fingerprint density at radius 3 is 2.24 bits per heavy atom. The quantitative estimate of drug-likeness (QED) is 0.785. The molecule has 0 unspecified atom stereocenters. The highest BCUT2D eigenvalue weighted by Crippen LogP contribution is 2.28. The maximum atomic E-state index is 12.5. The highest BCUT2D eigenvalue weighted by Gasteiger charge is 2.37. The van der Waals surface area contributed by atoms with E-state index in [-0.39, 0.29) is 12.5 Å². The summed E-state index contributed by atoms with van der Waals surface area (Å²) >= 11 is 11.7. The van der Waals surface area contributed by atoms with Gasteiger partial charge in [-0.25, -0.2) is 9.69 Å². The number of carbonyl (C=O) groups excluding carboxylic acids is 2. The largest absolute Gasteiger partial charge is 0.336 e. The molecule has 3 amide bonds. The van der Waals surface area contributed by atoms with Gasteiger partial charge in [-0.15, -0.1) is 0 Å². The minimum atomic E-state index is -0.399. The van der Waals surface area contributed by atoms with Crippen LogP contribution in [0, 0.1) is 0 Å². The Balaban J connectivity index is 1.94. The molecule has 106 valence electrons. The zero-order valence-electron chi connectivity index (χ0n) is 10.8. The van der Waals surface area contributed by atoms with Crippen molar-refractivity contribution in [2.75, 3.05) is 16.3 Å². The maximum Gasteiger partial charge on any atom is 0.336 e. The van der Waals surface area contributed by atoms with Crippen molar-refractivity contribution in [3.05, 3.63) is 58.6 Å². The molecule has 1 saturated heterocycles. The molecule has 4 nitrogen and oxygen atoms in total. The molecule has 6 heteroatoms. The Bertz CT molecular complexity index is 716. The second kappa shape index (κ2) is 5.39. The summed E-state index contributed by atoms with van der Waals surface area (Å²) in [4.78, 5) is 27.1. The molecule has 21 heavy (non-hydrogen) atoms. The molecule has 1 aliphatic rings. The second-order valence-electron chi connectivity index (χ2n) is 4.55. The smallest absolute Gasteiger partial charge is 0.284 e. The monoisotopic (exact) mass is 320 g/mol. The van der Waals surface area contributed by atoms with Gasteiger partial charge in [0.25, 0.3) is 5.91 Å². The van der Waals surface area contributed by atoms with Crippen molar-refractivity contribution in [2.24, 2.45) is 0 Å². The summed E-state index contributed by atoms with van der Waals surface area (Å²) in [6.07, 6.45) is 0. The number of amides is 3. The molecule has 1 heterocycles. The van der Waals surface area contributed by atoms with Gasteiger partial charge < -0.3 is 0 Å². The van der Waals surface area contributed by atoms with Crippen LogP contribution in [0.1, 0.15) is 0 Å². The number of hydrogen-bond acceptors (Lipinski definition) is 2. The normalized spacial score (nSPS) is 15.0. The molecular weight excluding hydrogens is 311 g/mol. The molecule has 0 bridgehead atoms. The number of imide groups is 1. The lowest BCUT2D eigenvalue weighted by Crippen LogP contribution is -2.32. The number of anilines is 2. The van der Waals surface area contributed by atoms with Crippen LogP contribution in [0.3, 0.4) is 0 Å². The number of hydrogen-bond donors (Lipinski definition) is 0. The predicted molar refractivity (Wildman–Crippen MR) is 83.1 cm³/mol. The predicted octanol–water partition coefficient (Wildman–Crippen LogP) is 3.97. The van der Waals surface area contributed by atoms with Crippen LogP contribution < -0.4 is 9.80 Å². The van der Waals surface area contributed by atoms with Crippen LogP contribution in [0.2, 0.25) is 10.0 Å². The van der Waals surface area contributed by atoms with Crippen molar-refractivity contribution in [3.8, 4) is 0 Å². The molecule has 0 aromatic heterocycles. The van der Waals surface area contributed by atoms with Crippen LogP contribution in [0.15, 0.2) is 48.5 Å². The minimum absolute atomic E-state index is 0.0121. The molecule has 1 fully saturated rings. The topological polar surface area (TPSA) is 40.6 Å². The number of halogens is 2. The van der Waals surface area contributed by atoms with Crippen molar-refractivity contribution in [1.82, 2.24) is 0 Å². The highest BCUT2D eigenvalue weighted by molar-refractivity contribution is 6.32. The third kappa shape index (κ3) is 2.60. The Hall–Kier alpha value is -2.04. The van der Waals surface area contributed by atoms with Gasteiger partial charge in [0.1, 0.15) is 6.54 Å². The van der Waals surface area contributed by atoms with Gasteiger partial charge in [0.05, 0.1) is 5.69 Å². The van der Waals surface area contributed by atoms with Crippen molar-refractivity contribution in [3.63, 3.8) is 0 Å². The molecule has 1 aliphatic heterocycles. The third-order valence-electron chi connectivity index (χ3n) is 3.17. The third-order valence-corrected chi connectivity index (χ3v) is 3.66. The minimum Gasteiger partial charge on any atom is -0.284 e. The molecule has 0 spiro atoms. The fourth-order valence-electron chi connectivity index (χ4n) is 2.19. The number of benzene rings is 2. The Morgan fingerprint density at radius 1 is 0.857 bits per heavy atom. The molecule has 2 aromatic rings. The first-order chi connectivity index (χ1) is 10.1. The van der Waals surface area contributed by atoms with E-state index < -0.39 is 6.03 Å². The van der Waals surface area contributed by atoms with Gasteiger partial charge in [-0.2, -0.15) is 0 Å². The lowest BCUT2D eigenvalue weighted by molar-refractivity contribution is -0.115. The van der Waals surface area contributed by atoms with Gasteiger partial charge in [0.2, 0.25) is 0 Å². The first kappa shape index (κ1) is 13.9. The fraction of sp³-hybridized carbons (Fsp3) is 0.0667. The van der Waals surface area contributed by atoms with E-state index in [0.717, 1.165) is 4.90 Å². The van der Waals surface area contributed by atoms with Crippen LogP contribution in [-0.2, 0) is 4.79 Å². The van der Waals surface area contributed by atoms with Crippen LogP contribution >= 0.6 is 23.2 Å². The maximum absolute atomic E-state index is 12.5. The first-order valence-corrected chi connectivity index (χ1v) is 6.97. The molecule has 3 rings (SSSR count). The summed E-state index contributed by atoms with van der Waals surface area (Å²) in [7, 11) is 0. The van der Waals surface area contributed by atoms with Crippen molar-refractivity contribution < 1.29 is 9.59 Å². The van der Waals surface area contributed by atoms with Gasteiger partial charge in [-0.05, 0) is 42.5 Å². The second-order valence-corrected chi connectivity index (χ2v) is 5.43. The van der Waals surface area contributed by atoms with Gasteiger partial charge in [0.15, 0.2) is 0 Å². The zero-order valence-corrected chi connectivity index (χ0v) is 12.3. The van der Waals surface area contributed by atoms with Crippen molar-refractivity contribution in [1.29, 1.82) is 0 Å². The number of rotatable bonds is 2. The summed E-state index contributed by atoms with van der Waals surface area (Å²) in [5.41, 5.74) is 1.09. The average molecular weight is 321 g/mol. The summed E-state index contributed by atoms with van der Waals surface area (Å²) in [6.45, 7) is -0.0121. The molecule has 0 atom stereocenters. The van der Waals surface area contributed by atoms with Crippen molar-refractivity contribution in [2.45, 2.75) is 0 Å². The summed E-state index contributed by atoms with van der Waals surface area (Å²) < 4.78 is 0. The number of urea groups is 1. The number of nitrogens with zero attached hydrogens (tertiary/aromatic N) is 2. The molecular formula is C15H10Cl2N2O2.